The summed E-state index contributed by atoms with van der Waals surface area (Å²) in [7, 11) is 2.00. The molecular weight excluding hydrogens is 1950 g/mol. The van der Waals surface area contributed by atoms with Crippen molar-refractivity contribution in [3.05, 3.63) is 356 Å². The first kappa shape index (κ1) is 125. The topological polar surface area (TPSA) is 693 Å². The van der Waals surface area contributed by atoms with Gasteiger partial charge in [-0.2, -0.15) is 0 Å². The normalized spacial score (nSPS) is 12.8. The molecule has 0 aliphatic heterocycles. The molecule has 0 spiro atoms. The van der Waals surface area contributed by atoms with Crippen molar-refractivity contribution in [1.29, 1.82) is 0 Å². The minimum atomic E-state index is -1.75. The first-order valence-electron chi connectivity index (χ1n) is 32.9. The number of hydrogen-bond acceptors (Lipinski definition) is 34. The number of carbonyl (C=O) groups excluding carboxylic acids is 4. The van der Waals surface area contributed by atoms with E-state index in [0.29, 0.717) is 46.5 Å². The maximum Gasteiger partial charge on any atom is 3.00 e. The van der Waals surface area contributed by atoms with Crippen molar-refractivity contribution in [2.24, 2.45) is 9.98 Å². The number of para-hydroxylation sites is 4. The number of alkyl halides is 4. The molecule has 120 heavy (non-hydrogen) atoms. The zero-order valence-corrected chi connectivity index (χ0v) is 71.3. The van der Waals surface area contributed by atoms with Crippen molar-refractivity contribution in [1.82, 2.24) is 21.3 Å². The van der Waals surface area contributed by atoms with E-state index < -0.39 is 30.5 Å². The molecular formula is C72H84Cl4Eu2N14O28. The molecule has 4 aliphatic rings. The summed E-state index contributed by atoms with van der Waals surface area (Å²) >= 11 is 19.1. The number of ketones is 4. The van der Waals surface area contributed by atoms with E-state index in [4.69, 9.17) is 149 Å². The quantitative estimate of drug-likeness (QED) is 0.0110. The van der Waals surface area contributed by atoms with Crippen LogP contribution in [0.25, 0.3) is 0 Å². The molecule has 0 saturated carbocycles. The number of phenolic OH excluding ortho intramolecular Hbond substituents is 2. The zero-order valence-electron chi connectivity index (χ0n) is 63.4. The molecule has 652 valence electrons. The van der Waals surface area contributed by atoms with Gasteiger partial charge in [-0.15, -0.1) is 46.4 Å². The second-order valence-electron chi connectivity index (χ2n) is 20.0. The number of aromatic hydroxyl groups is 2. The summed E-state index contributed by atoms with van der Waals surface area (Å²) in [6.45, 7) is 5.84. The number of aliphatic imine (C=N–C) groups is 2. The van der Waals surface area contributed by atoms with Crippen molar-refractivity contribution < 1.29 is 189 Å². The Kier molecular flexibility index (Phi) is 93.8. The number of allylic oxidation sites excluding steroid dienone is 20. The standard InChI is InChI=1S/4C17H18N2O2.2CH2Cl2.2CH4O.2Eu.6NO3/c4*20-16-8-3-1-6-14(16)12-18-10-5-11-19-13-15-7-2-4-9-17(15)21;2*2-1-3;2*1-2;;;6*2-1(3)4/h4*1-4,6-9,12-13,18,21H,5,10-11H2;2*1H2;2*2H,1H3;;;;;;;;/q;;;;;;;;2*+3;6*-1/b4*14-12-,19-13?;;;;;;;;;;;;. The predicted molar refractivity (Wildman–Crippen MR) is 442 cm³/mol. The number of hydrogen-bond donors (Lipinski definition) is 10. The third-order valence-corrected chi connectivity index (χ3v) is 11.9. The van der Waals surface area contributed by atoms with Crippen molar-refractivity contribution in [2.75, 3.05) is 77.3 Å². The van der Waals surface area contributed by atoms with Gasteiger partial charge < -0.3 is 144 Å². The smallest absolute Gasteiger partial charge is 0.872 e. The van der Waals surface area contributed by atoms with Gasteiger partial charge in [-0.25, -0.2) is 9.98 Å². The molecule has 42 nitrogen and oxygen atoms in total. The molecule has 4 aromatic carbocycles. The molecule has 0 atom stereocenters. The van der Waals surface area contributed by atoms with Gasteiger partial charge in [0.2, 0.25) is 0 Å². The second kappa shape index (κ2) is 90.3. The number of rotatable bonds is 24. The monoisotopic (exact) mass is 2040 g/mol. The summed E-state index contributed by atoms with van der Waals surface area (Å²) in [4.78, 5) is 110. The molecule has 48 heteroatoms. The predicted octanol–water partition coefficient (Wildman–Crippen LogP) is 5.00. The van der Waals surface area contributed by atoms with Gasteiger partial charge >= 0.3 is 98.8 Å². The van der Waals surface area contributed by atoms with Gasteiger partial charge in [-0.1, -0.05) is 121 Å². The number of phenols is 2. The Labute approximate surface area is 788 Å². The van der Waals surface area contributed by atoms with Gasteiger partial charge in [0.25, 0.3) is 0 Å². The summed E-state index contributed by atoms with van der Waals surface area (Å²) < 4.78 is 0. The van der Waals surface area contributed by atoms with Crippen molar-refractivity contribution in [3.8, 4) is 23.0 Å². The third-order valence-electron chi connectivity index (χ3n) is 11.9. The molecule has 4 aliphatic carbocycles. The Morgan fingerprint density at radius 1 is 0.350 bits per heavy atom. The van der Waals surface area contributed by atoms with Gasteiger partial charge in [0, 0.05) is 148 Å². The Bertz CT molecular complexity index is 3570. The molecule has 4 aromatic rings. The minimum absolute atomic E-state index is 0. The van der Waals surface area contributed by atoms with Crippen LogP contribution in [0.15, 0.2) is 251 Å². The van der Waals surface area contributed by atoms with Crippen LogP contribution in [-0.4, -0.2) is 176 Å². The summed E-state index contributed by atoms with van der Waals surface area (Å²) in [6, 6.07) is 28.0. The maximum atomic E-state index is 11.5. The van der Waals surface area contributed by atoms with Crippen LogP contribution in [0.2, 0.25) is 0 Å². The van der Waals surface area contributed by atoms with Crippen molar-refractivity contribution in [3.63, 3.8) is 0 Å². The van der Waals surface area contributed by atoms with Gasteiger partial charge in [0.05, 0.1) is 41.2 Å². The fourth-order valence-corrected chi connectivity index (χ4v) is 7.34. The Morgan fingerprint density at radius 3 is 0.767 bits per heavy atom. The van der Waals surface area contributed by atoms with E-state index >= 15 is 0 Å². The molecule has 0 fully saturated rings. The number of nitrogens with one attached hydrogen (secondary N) is 6. The number of benzene rings is 4. The van der Waals surface area contributed by atoms with Crippen LogP contribution in [0, 0.1) is 191 Å². The van der Waals surface area contributed by atoms with E-state index in [9.17, 15) is 39.6 Å². The number of halogens is 4. The molecule has 8 rings (SSSR count). The summed E-state index contributed by atoms with van der Waals surface area (Å²) in [6.07, 6.45) is 44.8. The Hall–Kier alpha value is -11.0. The Balaban J connectivity index is -0.000000204. The average Bonchev–Trinajstić information content (AvgIpc) is 0.946. The fourth-order valence-electron chi connectivity index (χ4n) is 7.34. The molecule has 0 amide bonds. The van der Waals surface area contributed by atoms with E-state index in [1.807, 2.05) is 60.7 Å². The second-order valence-corrected chi connectivity index (χ2v) is 21.6. The summed E-state index contributed by atoms with van der Waals surface area (Å²) in [5.74, 6) is 0.573. The average molecular weight is 2040 g/mol. The fraction of sp³-hybridized carbons (Fsp3) is 0.222. The third kappa shape index (κ3) is 87.8. The molecule has 0 aromatic heterocycles. The summed E-state index contributed by atoms with van der Waals surface area (Å²) in [5, 5.41) is 157. The van der Waals surface area contributed by atoms with Gasteiger partial charge in [0.1, 0.15) is 24.6 Å². The maximum absolute atomic E-state index is 11.5. The van der Waals surface area contributed by atoms with Crippen molar-refractivity contribution in [2.45, 2.75) is 25.7 Å². The molecule has 0 radical (unpaired) electrons. The van der Waals surface area contributed by atoms with Crippen LogP contribution in [0.3, 0.4) is 0 Å². The number of aliphatic hydroxyl groups excluding tert-OH is 2. The van der Waals surface area contributed by atoms with Crippen LogP contribution in [-0.2, 0) is 19.2 Å². The first-order valence-corrected chi connectivity index (χ1v) is 35.0. The summed E-state index contributed by atoms with van der Waals surface area (Å²) in [5.41, 5.74) is 5.42. The van der Waals surface area contributed by atoms with Crippen LogP contribution in [0.4, 0.5) is 0 Å². The van der Waals surface area contributed by atoms with E-state index in [1.165, 1.54) is 0 Å². The molecule has 0 unspecified atom stereocenters. The number of carbonyl (C=O) groups is 4. The van der Waals surface area contributed by atoms with Crippen LogP contribution < -0.4 is 41.5 Å². The van der Waals surface area contributed by atoms with Crippen LogP contribution >= 0.6 is 46.4 Å². The van der Waals surface area contributed by atoms with E-state index in [1.54, 1.807) is 183 Å². The van der Waals surface area contributed by atoms with Crippen LogP contribution in [0.1, 0.15) is 47.9 Å². The molecule has 0 bridgehead atoms. The zero-order chi connectivity index (χ0) is 90.5. The van der Waals surface area contributed by atoms with Gasteiger partial charge in [0.15, 0.2) is 35.6 Å². The van der Waals surface area contributed by atoms with Crippen molar-refractivity contribution >= 4 is 94.4 Å². The SMILES string of the molecule is CO.CO.ClCCl.ClCCl.O=C1C=CC=C/C1=C/NCCCN=Cc1ccccc1O.O=C1C=CC=C/C1=C/NCCCN=Cc1ccccc1O.O=C1C=CC=C/C1=C/NCCC[NH+]=Cc1ccccc1[O-].O=C1C=CC=C/C1=C/NCCC[NH+]=Cc1ccccc1[O-].O=[N+]([O-])[O-].O=[N+]([O-])[O-].O=[N+]([O-])[O-].O=[N+]([O-])[O-].O=[N+]([O-])[O-].O=[N+]([O-])[O-].[Eu+3].[Eu+3]. The number of aliphatic hydroxyl groups is 2. The number of nitrogens with zero attached hydrogens (tertiary/aromatic N) is 8. The van der Waals surface area contributed by atoms with Gasteiger partial charge in [-0.05, 0) is 97.8 Å². The van der Waals surface area contributed by atoms with E-state index in [0.717, 1.165) is 90.3 Å². The Morgan fingerprint density at radius 2 is 0.550 bits per heavy atom. The molecule has 10 N–H and O–H groups in total. The van der Waals surface area contributed by atoms with E-state index in [-0.39, 0.29) is 156 Å². The largest absolute Gasteiger partial charge is 3.00 e. The first-order chi connectivity index (χ1) is 56.3. The van der Waals surface area contributed by atoms with Gasteiger partial charge in [-0.3, -0.25) is 29.2 Å². The van der Waals surface area contributed by atoms with E-state index in [2.05, 4.69) is 41.2 Å². The minimum Gasteiger partial charge on any atom is -0.872 e. The molecule has 0 heterocycles. The molecule has 0 saturated heterocycles. The van der Waals surface area contributed by atoms with Crippen LogP contribution in [0.5, 0.6) is 23.0 Å².